The molecule has 2 aromatic carbocycles. The van der Waals surface area contributed by atoms with Crippen LogP contribution in [0.2, 0.25) is 0 Å². The van der Waals surface area contributed by atoms with Crippen molar-refractivity contribution in [3.05, 3.63) is 61.2 Å². The van der Waals surface area contributed by atoms with Gasteiger partial charge in [-0.15, -0.1) is 0 Å². The number of nitro benzene ring substituents is 1. The molecule has 31 heavy (non-hydrogen) atoms. The van der Waals surface area contributed by atoms with Crippen LogP contribution in [0.3, 0.4) is 0 Å². The van der Waals surface area contributed by atoms with Crippen LogP contribution in [-0.2, 0) is 14.9 Å². The maximum Gasteiger partial charge on any atom is 0.402 e. The van der Waals surface area contributed by atoms with E-state index in [2.05, 4.69) is 4.74 Å². The van der Waals surface area contributed by atoms with Crippen LogP contribution in [0, 0.1) is 13.7 Å². The van der Waals surface area contributed by atoms with E-state index < -0.39 is 61.6 Å². The van der Waals surface area contributed by atoms with E-state index in [4.69, 9.17) is 9.29 Å². The fraction of sp³-hybridized carbons (Fsp3) is 0.125. The number of nitrogens with zero attached hydrogens (tertiary/aromatic N) is 1. The Balaban J connectivity index is 2.32. The van der Waals surface area contributed by atoms with Crippen LogP contribution in [0.5, 0.6) is 11.5 Å². The molecule has 2 rings (SSSR count). The van der Waals surface area contributed by atoms with E-state index in [0.717, 1.165) is 12.1 Å². The van der Waals surface area contributed by atoms with Crippen molar-refractivity contribution in [1.82, 2.24) is 0 Å². The van der Waals surface area contributed by atoms with Gasteiger partial charge in [-0.25, -0.2) is 9.59 Å². The molecular formula is C16H10F2INO10S. The molecule has 0 aromatic heterocycles. The summed E-state index contributed by atoms with van der Waals surface area (Å²) < 4.78 is 65.6. The first-order chi connectivity index (χ1) is 14.2. The number of rotatable bonds is 7. The quantitative estimate of drug-likeness (QED) is 0.125. The van der Waals surface area contributed by atoms with Crippen LogP contribution in [0.25, 0.3) is 0 Å². The molecule has 0 saturated heterocycles. The van der Waals surface area contributed by atoms with E-state index >= 15 is 0 Å². The summed E-state index contributed by atoms with van der Waals surface area (Å²) in [5.74, 6) is -3.71. The second-order valence-electron chi connectivity index (χ2n) is 5.68. The number of carbonyl (C=O) groups excluding carboxylic acids is 2. The zero-order valence-corrected chi connectivity index (χ0v) is 17.8. The standard InChI is InChI=1S/C16H10F2INO10S/c17-16(18,31(26,27)28)7-29-14(22)10-6-9(2-3-12(10)20(24)25)30-15(23)11-5-8(19)1-4-13(11)21/h1-6,21H,7H2,(H,26,27,28). The van der Waals surface area contributed by atoms with Gasteiger partial charge in [0.1, 0.15) is 22.6 Å². The number of carbonyl (C=O) groups is 2. The maximum atomic E-state index is 13.2. The lowest BCUT2D eigenvalue weighted by molar-refractivity contribution is -0.385. The molecule has 166 valence electrons. The SMILES string of the molecule is O=C(Oc1ccc([N+](=O)[O-])c(C(=O)OCC(F)(F)S(=O)(=O)O)c1)c1cc(I)ccc1O. The number of hydrogen-bond acceptors (Lipinski definition) is 9. The van der Waals surface area contributed by atoms with Crippen molar-refractivity contribution >= 4 is 50.3 Å². The molecule has 2 aromatic rings. The molecule has 0 atom stereocenters. The first kappa shape index (κ1) is 24.4. The highest BCUT2D eigenvalue weighted by Gasteiger charge is 2.46. The number of hydrogen-bond donors (Lipinski definition) is 2. The number of benzene rings is 2. The number of alkyl halides is 2. The van der Waals surface area contributed by atoms with Crippen molar-refractivity contribution < 1.29 is 50.8 Å². The van der Waals surface area contributed by atoms with Crippen LogP contribution < -0.4 is 4.74 Å². The molecular weight excluding hydrogens is 563 g/mol. The zero-order valence-electron chi connectivity index (χ0n) is 14.8. The first-order valence-electron chi connectivity index (χ1n) is 7.74. The number of halogens is 3. The molecule has 15 heteroatoms. The highest BCUT2D eigenvalue weighted by Crippen LogP contribution is 2.28. The molecule has 0 aliphatic rings. The van der Waals surface area contributed by atoms with Gasteiger partial charge in [0.2, 0.25) is 0 Å². The number of phenolic OH excluding ortho intramolecular Hbond substituents is 1. The van der Waals surface area contributed by atoms with E-state index in [-0.39, 0.29) is 5.56 Å². The lowest BCUT2D eigenvalue weighted by Gasteiger charge is -2.13. The van der Waals surface area contributed by atoms with Gasteiger partial charge in [-0.2, -0.15) is 17.2 Å². The Morgan fingerprint density at radius 2 is 1.77 bits per heavy atom. The summed E-state index contributed by atoms with van der Waals surface area (Å²) in [6.45, 7) is -2.12. The summed E-state index contributed by atoms with van der Waals surface area (Å²) in [6.07, 6.45) is 0. The third kappa shape index (κ3) is 5.82. The van der Waals surface area contributed by atoms with E-state index in [1.165, 1.54) is 18.2 Å². The van der Waals surface area contributed by atoms with Crippen LogP contribution in [0.4, 0.5) is 14.5 Å². The minimum absolute atomic E-state index is 0.262. The van der Waals surface area contributed by atoms with Crippen molar-refractivity contribution in [2.45, 2.75) is 5.25 Å². The third-order valence-corrected chi connectivity index (χ3v) is 5.07. The molecule has 0 spiro atoms. The first-order valence-corrected chi connectivity index (χ1v) is 10.3. The normalized spacial score (nSPS) is 11.6. The van der Waals surface area contributed by atoms with Gasteiger partial charge >= 0.3 is 27.3 Å². The molecule has 0 unspecified atom stereocenters. The van der Waals surface area contributed by atoms with Crippen molar-refractivity contribution in [3.8, 4) is 11.5 Å². The van der Waals surface area contributed by atoms with Gasteiger partial charge in [-0.05, 0) is 46.9 Å². The molecule has 11 nitrogen and oxygen atoms in total. The second-order valence-corrected chi connectivity index (χ2v) is 8.47. The summed E-state index contributed by atoms with van der Waals surface area (Å²) in [5, 5.41) is 16.0. The van der Waals surface area contributed by atoms with Crippen molar-refractivity contribution in [3.63, 3.8) is 0 Å². The highest BCUT2D eigenvalue weighted by atomic mass is 127. The maximum absolute atomic E-state index is 13.2. The molecule has 0 saturated carbocycles. The van der Waals surface area contributed by atoms with Crippen molar-refractivity contribution in [1.29, 1.82) is 0 Å². The van der Waals surface area contributed by atoms with E-state index in [1.807, 2.05) is 22.6 Å². The fourth-order valence-electron chi connectivity index (χ4n) is 2.04. The summed E-state index contributed by atoms with van der Waals surface area (Å²) in [7, 11) is -5.91. The zero-order chi connectivity index (χ0) is 23.6. The second kappa shape index (κ2) is 9.06. The molecule has 0 heterocycles. The van der Waals surface area contributed by atoms with E-state index in [0.29, 0.717) is 9.64 Å². The number of phenols is 1. The van der Waals surface area contributed by atoms with Crippen LogP contribution >= 0.6 is 22.6 Å². The predicted molar refractivity (Wildman–Crippen MR) is 106 cm³/mol. The molecule has 0 amide bonds. The lowest BCUT2D eigenvalue weighted by atomic mass is 10.1. The smallest absolute Gasteiger partial charge is 0.402 e. The Morgan fingerprint density at radius 3 is 2.35 bits per heavy atom. The highest BCUT2D eigenvalue weighted by molar-refractivity contribution is 14.1. The minimum Gasteiger partial charge on any atom is -0.507 e. The Bertz CT molecular complexity index is 1170. The number of esters is 2. The molecule has 0 bridgehead atoms. The number of nitro groups is 1. The lowest BCUT2D eigenvalue weighted by Crippen LogP contribution is -2.34. The van der Waals surface area contributed by atoms with Crippen LogP contribution in [0.15, 0.2) is 36.4 Å². The Morgan fingerprint density at radius 1 is 1.13 bits per heavy atom. The summed E-state index contributed by atoms with van der Waals surface area (Å²) in [5.41, 5.74) is -2.12. The van der Waals surface area contributed by atoms with Crippen LogP contribution in [-0.4, -0.2) is 46.8 Å². The van der Waals surface area contributed by atoms with Gasteiger partial charge in [0.15, 0.2) is 6.61 Å². The summed E-state index contributed by atoms with van der Waals surface area (Å²) >= 11 is 1.86. The predicted octanol–water partition coefficient (Wildman–Crippen LogP) is 2.76. The average Bonchev–Trinajstić information content (AvgIpc) is 2.66. The summed E-state index contributed by atoms with van der Waals surface area (Å²) in [4.78, 5) is 34.3. The Labute approximate surface area is 185 Å². The van der Waals surface area contributed by atoms with E-state index in [1.54, 1.807) is 0 Å². The number of aromatic hydroxyl groups is 1. The fourth-order valence-corrected chi connectivity index (χ4v) is 2.74. The van der Waals surface area contributed by atoms with E-state index in [9.17, 15) is 42.0 Å². The van der Waals surface area contributed by atoms with Gasteiger partial charge in [-0.1, -0.05) is 0 Å². The van der Waals surface area contributed by atoms with Gasteiger partial charge in [0.05, 0.1) is 4.92 Å². The monoisotopic (exact) mass is 573 g/mol. The molecule has 0 radical (unpaired) electrons. The molecule has 0 fully saturated rings. The molecule has 0 aliphatic carbocycles. The Kier molecular flexibility index (Phi) is 7.12. The van der Waals surface area contributed by atoms with Crippen molar-refractivity contribution in [2.75, 3.05) is 6.61 Å². The van der Waals surface area contributed by atoms with Gasteiger partial charge < -0.3 is 14.6 Å². The summed E-state index contributed by atoms with van der Waals surface area (Å²) in [6, 6.07) is 6.26. The molecule has 0 aliphatic heterocycles. The van der Waals surface area contributed by atoms with Gasteiger partial charge in [0.25, 0.3) is 5.69 Å². The van der Waals surface area contributed by atoms with Gasteiger partial charge in [0, 0.05) is 15.7 Å². The largest absolute Gasteiger partial charge is 0.507 e. The van der Waals surface area contributed by atoms with Gasteiger partial charge in [-0.3, -0.25) is 14.7 Å². The van der Waals surface area contributed by atoms with Crippen LogP contribution in [0.1, 0.15) is 20.7 Å². The Hall–Kier alpha value is -2.92. The topological polar surface area (TPSA) is 170 Å². The molecule has 2 N–H and O–H groups in total. The number of ether oxygens (including phenoxy) is 2. The average molecular weight is 573 g/mol. The minimum atomic E-state index is -5.91. The van der Waals surface area contributed by atoms with Crippen molar-refractivity contribution in [2.24, 2.45) is 0 Å². The third-order valence-electron chi connectivity index (χ3n) is 3.52.